The van der Waals surface area contributed by atoms with Crippen molar-refractivity contribution in [1.82, 2.24) is 15.6 Å². The van der Waals surface area contributed by atoms with Crippen molar-refractivity contribution >= 4 is 35.1 Å². The van der Waals surface area contributed by atoms with Crippen molar-refractivity contribution in [3.63, 3.8) is 0 Å². The van der Waals surface area contributed by atoms with Gasteiger partial charge in [0.05, 0.1) is 36.0 Å². The number of aromatic amines is 1. The van der Waals surface area contributed by atoms with E-state index in [0.29, 0.717) is 54.4 Å². The smallest absolute Gasteiger partial charge is 0.256 e. The van der Waals surface area contributed by atoms with Crippen LogP contribution in [0, 0.1) is 6.92 Å². The fraction of sp³-hybridized carbons (Fsp3) is 0.318. The van der Waals surface area contributed by atoms with Gasteiger partial charge in [-0.05, 0) is 43.7 Å². The number of fused-ring (bicyclic) bond motifs is 2. The van der Waals surface area contributed by atoms with Gasteiger partial charge in [0.1, 0.15) is 0 Å². The maximum atomic E-state index is 12.6. The van der Waals surface area contributed by atoms with E-state index in [1.807, 2.05) is 26.0 Å². The monoisotopic (exact) mass is 408 g/mol. The fourth-order valence-electron chi connectivity index (χ4n) is 3.66. The topological polar surface area (TPSA) is 112 Å². The molecule has 1 aromatic heterocycles. The van der Waals surface area contributed by atoms with Gasteiger partial charge in [0.15, 0.2) is 0 Å². The van der Waals surface area contributed by atoms with Crippen molar-refractivity contribution < 1.29 is 19.1 Å². The Kier molecular flexibility index (Phi) is 5.41. The third-order valence-corrected chi connectivity index (χ3v) is 5.31. The Morgan fingerprint density at radius 1 is 0.967 bits per heavy atom. The Labute approximate surface area is 174 Å². The second kappa shape index (κ2) is 8.16. The predicted octanol–water partition coefficient (Wildman–Crippen LogP) is 1.80. The molecule has 3 heterocycles. The number of hydrogen-bond donors (Lipinski definition) is 4. The molecule has 2 bridgehead atoms. The van der Waals surface area contributed by atoms with Crippen molar-refractivity contribution in [3.8, 4) is 0 Å². The second-order valence-corrected chi connectivity index (χ2v) is 7.48. The molecule has 2 aliphatic rings. The molecule has 0 aliphatic carbocycles. The molecule has 2 aliphatic heterocycles. The minimum Gasteiger partial charge on any atom is -0.378 e. The zero-order chi connectivity index (χ0) is 21.3. The van der Waals surface area contributed by atoms with Gasteiger partial charge in [-0.1, -0.05) is 6.07 Å². The van der Waals surface area contributed by atoms with E-state index >= 15 is 0 Å². The van der Waals surface area contributed by atoms with Gasteiger partial charge in [-0.3, -0.25) is 14.4 Å². The lowest BCUT2D eigenvalue weighted by Crippen LogP contribution is -2.32. The average molecular weight is 408 g/mol. The molecule has 1 atom stereocenters. The lowest BCUT2D eigenvalue weighted by Gasteiger charge is -2.14. The second-order valence-electron chi connectivity index (χ2n) is 7.48. The number of amides is 3. The van der Waals surface area contributed by atoms with Gasteiger partial charge in [0, 0.05) is 30.0 Å². The summed E-state index contributed by atoms with van der Waals surface area (Å²) in [5, 5.41) is 8.53. The molecule has 8 nitrogen and oxygen atoms in total. The summed E-state index contributed by atoms with van der Waals surface area (Å²) in [5.41, 5.74) is 4.49. The molecule has 0 fully saturated rings. The Hall–Kier alpha value is -3.39. The maximum absolute atomic E-state index is 12.6. The minimum atomic E-state index is -0.380. The Morgan fingerprint density at radius 3 is 2.53 bits per heavy atom. The van der Waals surface area contributed by atoms with E-state index in [4.69, 9.17) is 4.74 Å². The van der Waals surface area contributed by atoms with Gasteiger partial charge < -0.3 is 25.7 Å². The first-order chi connectivity index (χ1) is 14.4. The average Bonchev–Trinajstić information content (AvgIpc) is 3.24. The van der Waals surface area contributed by atoms with Crippen LogP contribution in [0.25, 0.3) is 11.6 Å². The molecule has 0 saturated heterocycles. The number of carbonyl (C=O) groups excluding carboxylic acids is 3. The molecule has 8 heteroatoms. The number of rotatable bonds is 0. The van der Waals surface area contributed by atoms with Gasteiger partial charge in [-0.2, -0.15) is 0 Å². The van der Waals surface area contributed by atoms with Crippen LogP contribution < -0.4 is 16.0 Å². The third kappa shape index (κ3) is 3.86. The van der Waals surface area contributed by atoms with Crippen LogP contribution in [0.15, 0.2) is 24.3 Å². The Bertz CT molecular complexity index is 1050. The molecule has 0 radical (unpaired) electrons. The highest BCUT2D eigenvalue weighted by Crippen LogP contribution is 2.35. The third-order valence-electron chi connectivity index (χ3n) is 5.31. The molecular formula is C22H24N4O4. The van der Waals surface area contributed by atoms with E-state index in [9.17, 15) is 14.4 Å². The lowest BCUT2D eigenvalue weighted by molar-refractivity contribution is -0.122. The van der Waals surface area contributed by atoms with Gasteiger partial charge in [0.2, 0.25) is 5.91 Å². The van der Waals surface area contributed by atoms with E-state index in [-0.39, 0.29) is 23.6 Å². The Balaban J connectivity index is 1.79. The summed E-state index contributed by atoms with van der Waals surface area (Å²) < 4.78 is 5.48. The number of aryl methyl sites for hydroxylation is 1. The molecule has 2 aromatic rings. The summed E-state index contributed by atoms with van der Waals surface area (Å²) in [5.74, 6) is -0.978. The quantitative estimate of drug-likeness (QED) is 0.532. The molecule has 30 heavy (non-hydrogen) atoms. The van der Waals surface area contributed by atoms with Crippen molar-refractivity contribution in [3.05, 3.63) is 52.3 Å². The van der Waals surface area contributed by atoms with Crippen LogP contribution in [-0.2, 0) is 14.3 Å². The number of aromatic nitrogens is 1. The summed E-state index contributed by atoms with van der Waals surface area (Å²) in [7, 11) is 0. The number of ether oxygens (including phenoxy) is 1. The largest absolute Gasteiger partial charge is 0.378 e. The van der Waals surface area contributed by atoms with Crippen LogP contribution in [0.1, 0.15) is 45.7 Å². The zero-order valence-electron chi connectivity index (χ0n) is 16.9. The van der Waals surface area contributed by atoms with Gasteiger partial charge >= 0.3 is 0 Å². The number of anilines is 1. The number of H-pyrrole nitrogens is 1. The first-order valence-electron chi connectivity index (χ1n) is 9.94. The van der Waals surface area contributed by atoms with Crippen LogP contribution in [0.2, 0.25) is 0 Å². The molecule has 1 unspecified atom stereocenters. The normalized spacial score (nSPS) is 21.6. The van der Waals surface area contributed by atoms with Crippen molar-refractivity contribution in [2.24, 2.45) is 0 Å². The summed E-state index contributed by atoms with van der Waals surface area (Å²) in [6, 6.07) is 7.26. The molecule has 3 amide bonds. The highest BCUT2D eigenvalue weighted by Gasteiger charge is 2.27. The highest BCUT2D eigenvalue weighted by molar-refractivity contribution is 6.35. The maximum Gasteiger partial charge on any atom is 0.256 e. The van der Waals surface area contributed by atoms with E-state index in [2.05, 4.69) is 20.9 Å². The van der Waals surface area contributed by atoms with E-state index in [1.165, 1.54) is 0 Å². The zero-order valence-corrected chi connectivity index (χ0v) is 16.9. The molecular weight excluding hydrogens is 384 g/mol. The molecule has 4 rings (SSSR count). The van der Waals surface area contributed by atoms with Crippen molar-refractivity contribution in [2.45, 2.75) is 19.8 Å². The highest BCUT2D eigenvalue weighted by atomic mass is 16.5. The molecule has 0 spiro atoms. The number of nitrogens with one attached hydrogen (secondary N) is 4. The number of hydrogen-bond acceptors (Lipinski definition) is 4. The molecule has 1 aromatic carbocycles. The van der Waals surface area contributed by atoms with Gasteiger partial charge in [-0.15, -0.1) is 0 Å². The summed E-state index contributed by atoms with van der Waals surface area (Å²) >= 11 is 0. The van der Waals surface area contributed by atoms with Crippen molar-refractivity contribution in [2.75, 3.05) is 31.6 Å². The van der Waals surface area contributed by atoms with E-state index in [0.717, 1.165) is 11.3 Å². The number of benzene rings is 1. The lowest BCUT2D eigenvalue weighted by atomic mass is 9.95. The number of carbonyl (C=O) groups is 3. The van der Waals surface area contributed by atoms with Crippen LogP contribution in [0.5, 0.6) is 0 Å². The van der Waals surface area contributed by atoms with Crippen molar-refractivity contribution in [1.29, 1.82) is 0 Å². The van der Waals surface area contributed by atoms with Gasteiger partial charge in [-0.25, -0.2) is 0 Å². The SMILES string of the molecule is Cc1cc2c([nH]1)/C=C1\C(=O)Nc3ccc(cc31)C(C)C(=O)NCCOCCNC2=O. The van der Waals surface area contributed by atoms with E-state index in [1.54, 1.807) is 18.2 Å². The molecule has 4 N–H and O–H groups in total. The summed E-state index contributed by atoms with van der Waals surface area (Å²) in [6.07, 6.45) is 1.69. The fourth-order valence-corrected chi connectivity index (χ4v) is 3.66. The van der Waals surface area contributed by atoms with Crippen LogP contribution >= 0.6 is 0 Å². The first-order valence-corrected chi connectivity index (χ1v) is 9.94. The first kappa shape index (κ1) is 19.9. The summed E-state index contributed by atoms with van der Waals surface area (Å²) in [4.78, 5) is 40.9. The standard InChI is InChI=1S/C22H24N4O4/c1-12-9-17-19(25-12)11-16-15-10-14(3-4-18(15)26-22(16)29)13(2)20(27)23-5-7-30-8-6-24-21(17)28/h3-4,9-11,13,25H,5-8H2,1-2H3,(H,23,27)(H,24,28)(H,26,29)/b16-11-. The molecule has 156 valence electrons. The van der Waals surface area contributed by atoms with Crippen LogP contribution in [0.3, 0.4) is 0 Å². The molecule has 0 saturated carbocycles. The van der Waals surface area contributed by atoms with Gasteiger partial charge in [0.25, 0.3) is 11.8 Å². The Morgan fingerprint density at radius 2 is 1.73 bits per heavy atom. The van der Waals surface area contributed by atoms with Crippen LogP contribution in [0.4, 0.5) is 5.69 Å². The summed E-state index contributed by atoms with van der Waals surface area (Å²) in [6.45, 7) is 5.10. The van der Waals surface area contributed by atoms with Crippen LogP contribution in [-0.4, -0.2) is 49.0 Å². The van der Waals surface area contributed by atoms with E-state index < -0.39 is 0 Å². The minimum absolute atomic E-state index is 0.110. The predicted molar refractivity (Wildman–Crippen MR) is 113 cm³/mol.